The van der Waals surface area contributed by atoms with Gasteiger partial charge in [0.05, 0.1) is 10.5 Å². The quantitative estimate of drug-likeness (QED) is 0.611. The first-order valence-electron chi connectivity index (χ1n) is 8.10. The van der Waals surface area contributed by atoms with E-state index in [0.29, 0.717) is 16.6 Å². The van der Waals surface area contributed by atoms with Crippen LogP contribution < -0.4 is 10.0 Å². The standard InChI is InChI=1S/C17H13F3N4O3S2/c1-2-21-29(26,27)11-7-12(14(20)13(19)8-11)15(25)22-17-24-23-16(28-17)9-3-5-10(18)6-4-9/h3-8,21H,2H2,1H3,(H,22,24,25). The molecule has 0 aliphatic carbocycles. The lowest BCUT2D eigenvalue weighted by Crippen LogP contribution is -2.24. The number of aromatic nitrogens is 2. The highest BCUT2D eigenvalue weighted by molar-refractivity contribution is 7.89. The molecule has 29 heavy (non-hydrogen) atoms. The van der Waals surface area contributed by atoms with Crippen molar-refractivity contribution in [3.8, 4) is 10.6 Å². The van der Waals surface area contributed by atoms with Gasteiger partial charge in [-0.25, -0.2) is 26.3 Å². The van der Waals surface area contributed by atoms with E-state index in [9.17, 15) is 26.4 Å². The van der Waals surface area contributed by atoms with Gasteiger partial charge in [-0.3, -0.25) is 10.1 Å². The molecular formula is C17H13F3N4O3S2. The van der Waals surface area contributed by atoms with Crippen molar-refractivity contribution in [3.05, 3.63) is 59.4 Å². The average molecular weight is 442 g/mol. The summed E-state index contributed by atoms with van der Waals surface area (Å²) in [4.78, 5) is 11.8. The van der Waals surface area contributed by atoms with E-state index in [2.05, 4.69) is 20.2 Å². The summed E-state index contributed by atoms with van der Waals surface area (Å²) in [6.45, 7) is 1.54. The SMILES string of the molecule is CCNS(=O)(=O)c1cc(F)c(F)c(C(=O)Nc2nnc(-c3ccc(F)cc3)s2)c1. The summed E-state index contributed by atoms with van der Waals surface area (Å²) in [5.74, 6) is -4.52. The van der Waals surface area contributed by atoms with Crippen LogP contribution in [0.2, 0.25) is 0 Å². The van der Waals surface area contributed by atoms with E-state index < -0.39 is 43.8 Å². The van der Waals surface area contributed by atoms with Crippen LogP contribution in [0.1, 0.15) is 17.3 Å². The van der Waals surface area contributed by atoms with Crippen LogP contribution in [0, 0.1) is 17.5 Å². The number of rotatable bonds is 6. The highest BCUT2D eigenvalue weighted by atomic mass is 32.2. The number of benzene rings is 2. The summed E-state index contributed by atoms with van der Waals surface area (Å²) in [5, 5.41) is 10.1. The first-order chi connectivity index (χ1) is 13.7. The third kappa shape index (κ3) is 4.60. The van der Waals surface area contributed by atoms with Gasteiger partial charge in [0.15, 0.2) is 11.6 Å². The molecule has 1 heterocycles. The molecule has 0 saturated carbocycles. The maximum Gasteiger partial charge on any atom is 0.260 e. The van der Waals surface area contributed by atoms with Crippen molar-refractivity contribution < 1.29 is 26.4 Å². The molecule has 0 aliphatic heterocycles. The number of hydrogen-bond acceptors (Lipinski definition) is 6. The van der Waals surface area contributed by atoms with Gasteiger partial charge >= 0.3 is 0 Å². The van der Waals surface area contributed by atoms with Gasteiger partial charge in [-0.15, -0.1) is 10.2 Å². The average Bonchev–Trinajstić information content (AvgIpc) is 3.12. The van der Waals surface area contributed by atoms with Gasteiger partial charge in [-0.2, -0.15) is 0 Å². The van der Waals surface area contributed by atoms with Gasteiger partial charge in [0.2, 0.25) is 15.2 Å². The van der Waals surface area contributed by atoms with Crippen molar-refractivity contribution in [2.24, 2.45) is 0 Å². The summed E-state index contributed by atoms with van der Waals surface area (Å²) >= 11 is 0.919. The largest absolute Gasteiger partial charge is 0.296 e. The van der Waals surface area contributed by atoms with E-state index in [-0.39, 0.29) is 11.7 Å². The number of anilines is 1. The van der Waals surface area contributed by atoms with Crippen LogP contribution in [-0.4, -0.2) is 31.1 Å². The summed E-state index contributed by atoms with van der Waals surface area (Å²) in [5.41, 5.74) is -0.264. The van der Waals surface area contributed by atoms with E-state index in [1.54, 1.807) is 0 Å². The molecule has 1 amide bonds. The third-order valence-corrected chi connectivity index (χ3v) is 6.04. The van der Waals surface area contributed by atoms with Crippen LogP contribution in [0.25, 0.3) is 10.6 Å². The monoisotopic (exact) mass is 442 g/mol. The molecule has 0 spiro atoms. The van der Waals surface area contributed by atoms with Gasteiger partial charge in [0.1, 0.15) is 10.8 Å². The maximum absolute atomic E-state index is 14.1. The Bertz CT molecular complexity index is 1170. The second kappa shape index (κ2) is 8.27. The molecule has 0 radical (unpaired) electrons. The number of carbonyl (C=O) groups excluding carboxylic acids is 1. The predicted molar refractivity (Wildman–Crippen MR) is 100 cm³/mol. The Kier molecular flexibility index (Phi) is 5.96. The molecule has 2 aromatic carbocycles. The number of carbonyl (C=O) groups is 1. The lowest BCUT2D eigenvalue weighted by Gasteiger charge is -2.09. The van der Waals surface area contributed by atoms with Crippen LogP contribution in [0.5, 0.6) is 0 Å². The molecule has 1 aromatic heterocycles. The van der Waals surface area contributed by atoms with Crippen LogP contribution in [0.3, 0.4) is 0 Å². The smallest absolute Gasteiger partial charge is 0.260 e. The number of hydrogen-bond donors (Lipinski definition) is 2. The summed E-state index contributed by atoms with van der Waals surface area (Å²) in [7, 11) is -4.11. The topological polar surface area (TPSA) is 101 Å². The Balaban J connectivity index is 1.88. The molecule has 2 N–H and O–H groups in total. The summed E-state index contributed by atoms with van der Waals surface area (Å²) in [6, 6.07) is 6.60. The Morgan fingerprint density at radius 3 is 2.45 bits per heavy atom. The Hall–Kier alpha value is -2.83. The highest BCUT2D eigenvalue weighted by Crippen LogP contribution is 2.27. The van der Waals surface area contributed by atoms with Crippen LogP contribution in [0.4, 0.5) is 18.3 Å². The number of nitrogens with one attached hydrogen (secondary N) is 2. The fourth-order valence-corrected chi connectivity index (χ4v) is 4.13. The van der Waals surface area contributed by atoms with Crippen LogP contribution >= 0.6 is 11.3 Å². The van der Waals surface area contributed by atoms with E-state index in [4.69, 9.17) is 0 Å². The van der Waals surface area contributed by atoms with Crippen molar-refractivity contribution >= 4 is 32.4 Å². The van der Waals surface area contributed by atoms with E-state index in [0.717, 1.165) is 17.4 Å². The lowest BCUT2D eigenvalue weighted by atomic mass is 10.2. The molecule has 3 rings (SSSR count). The Morgan fingerprint density at radius 1 is 1.10 bits per heavy atom. The molecule has 12 heteroatoms. The van der Waals surface area contributed by atoms with Crippen molar-refractivity contribution in [1.82, 2.24) is 14.9 Å². The fraction of sp³-hybridized carbons (Fsp3) is 0.118. The second-order valence-electron chi connectivity index (χ2n) is 5.64. The molecule has 0 fully saturated rings. The Morgan fingerprint density at radius 2 is 1.79 bits per heavy atom. The first kappa shape index (κ1) is 20.9. The zero-order valence-corrected chi connectivity index (χ0v) is 16.4. The van der Waals surface area contributed by atoms with E-state index in [1.807, 2.05) is 0 Å². The molecule has 0 aliphatic rings. The minimum absolute atomic E-state index is 0.0276. The highest BCUT2D eigenvalue weighted by Gasteiger charge is 2.23. The minimum atomic E-state index is -4.11. The number of halogens is 3. The van der Waals surface area contributed by atoms with Gasteiger partial charge in [-0.1, -0.05) is 18.3 Å². The molecule has 0 atom stereocenters. The normalized spacial score (nSPS) is 11.4. The van der Waals surface area contributed by atoms with Gasteiger partial charge in [0, 0.05) is 12.1 Å². The molecule has 0 saturated heterocycles. The second-order valence-corrected chi connectivity index (χ2v) is 8.39. The minimum Gasteiger partial charge on any atom is -0.296 e. The van der Waals surface area contributed by atoms with Crippen LogP contribution in [0.15, 0.2) is 41.3 Å². The molecule has 3 aromatic rings. The number of amides is 1. The number of sulfonamides is 1. The molecule has 0 bridgehead atoms. The predicted octanol–water partition coefficient (Wildman–Crippen LogP) is 3.17. The summed E-state index contributed by atoms with van der Waals surface area (Å²) < 4.78 is 67.2. The van der Waals surface area contributed by atoms with Gasteiger partial charge in [-0.05, 0) is 36.4 Å². The zero-order valence-electron chi connectivity index (χ0n) is 14.7. The molecular weight excluding hydrogens is 429 g/mol. The number of nitrogens with zero attached hydrogens (tertiary/aromatic N) is 2. The van der Waals surface area contributed by atoms with Crippen LogP contribution in [-0.2, 0) is 10.0 Å². The van der Waals surface area contributed by atoms with Crippen molar-refractivity contribution in [3.63, 3.8) is 0 Å². The van der Waals surface area contributed by atoms with E-state index >= 15 is 0 Å². The molecule has 152 valence electrons. The lowest BCUT2D eigenvalue weighted by molar-refractivity contribution is 0.102. The third-order valence-electron chi connectivity index (χ3n) is 3.63. The Labute approximate surface area is 167 Å². The van der Waals surface area contributed by atoms with Crippen molar-refractivity contribution in [2.45, 2.75) is 11.8 Å². The van der Waals surface area contributed by atoms with E-state index in [1.165, 1.54) is 31.2 Å². The molecule has 7 nitrogen and oxygen atoms in total. The van der Waals surface area contributed by atoms with Gasteiger partial charge in [0.25, 0.3) is 5.91 Å². The summed E-state index contributed by atoms with van der Waals surface area (Å²) in [6.07, 6.45) is 0. The molecule has 0 unspecified atom stereocenters. The maximum atomic E-state index is 14.1. The van der Waals surface area contributed by atoms with Gasteiger partial charge < -0.3 is 0 Å². The van der Waals surface area contributed by atoms with Crippen molar-refractivity contribution in [1.29, 1.82) is 0 Å². The fourth-order valence-electron chi connectivity index (χ4n) is 2.31. The van der Waals surface area contributed by atoms with Crippen molar-refractivity contribution in [2.75, 3.05) is 11.9 Å². The first-order valence-corrected chi connectivity index (χ1v) is 10.4. The zero-order chi connectivity index (χ0) is 21.2.